The van der Waals surface area contributed by atoms with Gasteiger partial charge in [0.2, 0.25) is 10.0 Å². The van der Waals surface area contributed by atoms with E-state index in [-0.39, 0.29) is 29.9 Å². The van der Waals surface area contributed by atoms with Crippen LogP contribution in [0.1, 0.15) is 18.5 Å². The molecule has 114 valence electrons. The highest BCUT2D eigenvalue weighted by Crippen LogP contribution is 2.21. The van der Waals surface area contributed by atoms with Gasteiger partial charge in [0.05, 0.1) is 19.3 Å². The Hall–Kier alpha value is -1.53. The average Bonchev–Trinajstić information content (AvgIpc) is 2.53. The summed E-state index contributed by atoms with van der Waals surface area (Å²) in [4.78, 5) is 3.89. The Balaban J connectivity index is 2.02. The normalized spacial score (nSPS) is 17.5. The molecule has 0 bridgehead atoms. The Bertz CT molecular complexity index is 601. The minimum atomic E-state index is -3.57. The highest BCUT2D eigenvalue weighted by atomic mass is 32.2. The molecular weight excluding hydrogens is 294 g/mol. The molecule has 7 nitrogen and oxygen atoms in total. The third kappa shape index (κ3) is 3.77. The van der Waals surface area contributed by atoms with E-state index in [1.807, 2.05) is 6.07 Å². The van der Waals surface area contributed by atoms with Crippen LogP contribution in [-0.4, -0.2) is 55.2 Å². The Labute approximate surface area is 123 Å². The van der Waals surface area contributed by atoms with Crippen LogP contribution in [0.5, 0.6) is 0 Å². The number of pyridine rings is 1. The van der Waals surface area contributed by atoms with E-state index in [4.69, 9.17) is 15.1 Å². The number of nitrogens with zero attached hydrogens (tertiary/aromatic N) is 3. The van der Waals surface area contributed by atoms with E-state index < -0.39 is 10.0 Å². The van der Waals surface area contributed by atoms with Crippen LogP contribution in [0.4, 0.5) is 0 Å². The van der Waals surface area contributed by atoms with Gasteiger partial charge in [0.15, 0.2) is 0 Å². The lowest BCUT2D eigenvalue weighted by atomic mass is 10.1. The SMILES string of the molecule is N#Cc1ccc(S(=O)(=O)N2CCC(OCCO)CC2)cn1. The van der Waals surface area contributed by atoms with Crippen molar-refractivity contribution in [3.8, 4) is 6.07 Å². The fourth-order valence-electron chi connectivity index (χ4n) is 2.21. The summed E-state index contributed by atoms with van der Waals surface area (Å²) < 4.78 is 31.7. The maximum Gasteiger partial charge on any atom is 0.244 e. The Kier molecular flexibility index (Phi) is 5.25. The van der Waals surface area contributed by atoms with Crippen molar-refractivity contribution in [2.75, 3.05) is 26.3 Å². The molecule has 0 spiro atoms. The van der Waals surface area contributed by atoms with Gasteiger partial charge in [-0.3, -0.25) is 0 Å². The lowest BCUT2D eigenvalue weighted by molar-refractivity contribution is 0.00318. The second kappa shape index (κ2) is 6.95. The summed E-state index contributed by atoms with van der Waals surface area (Å²) in [6.45, 7) is 0.989. The zero-order valence-electron chi connectivity index (χ0n) is 11.5. The zero-order chi connectivity index (χ0) is 15.3. The fourth-order valence-corrected chi connectivity index (χ4v) is 3.62. The highest BCUT2D eigenvalue weighted by Gasteiger charge is 2.29. The molecule has 0 atom stereocenters. The van der Waals surface area contributed by atoms with Crippen LogP contribution in [0.25, 0.3) is 0 Å². The molecule has 1 aromatic heterocycles. The van der Waals surface area contributed by atoms with Gasteiger partial charge in [-0.2, -0.15) is 9.57 Å². The van der Waals surface area contributed by atoms with Crippen molar-refractivity contribution in [2.24, 2.45) is 0 Å². The van der Waals surface area contributed by atoms with Crippen molar-refractivity contribution in [1.82, 2.24) is 9.29 Å². The van der Waals surface area contributed by atoms with Crippen LogP contribution in [0.2, 0.25) is 0 Å². The molecule has 1 N–H and O–H groups in total. The number of aromatic nitrogens is 1. The summed E-state index contributed by atoms with van der Waals surface area (Å²) in [6.07, 6.45) is 2.40. The Morgan fingerprint density at radius 3 is 2.67 bits per heavy atom. The van der Waals surface area contributed by atoms with Crippen LogP contribution in [0, 0.1) is 11.3 Å². The number of hydrogen-bond acceptors (Lipinski definition) is 6. The van der Waals surface area contributed by atoms with Gasteiger partial charge in [-0.05, 0) is 25.0 Å². The van der Waals surface area contributed by atoms with Gasteiger partial charge in [-0.25, -0.2) is 13.4 Å². The van der Waals surface area contributed by atoms with Crippen LogP contribution in [0.15, 0.2) is 23.2 Å². The van der Waals surface area contributed by atoms with Crippen LogP contribution >= 0.6 is 0 Å². The minimum absolute atomic E-state index is 0.0114. The third-order valence-electron chi connectivity index (χ3n) is 3.33. The number of ether oxygens (including phenoxy) is 1. The second-order valence-corrected chi connectivity index (χ2v) is 6.63. The largest absolute Gasteiger partial charge is 0.394 e. The van der Waals surface area contributed by atoms with E-state index in [1.54, 1.807) is 0 Å². The topological polar surface area (TPSA) is 104 Å². The van der Waals surface area contributed by atoms with Crippen molar-refractivity contribution in [2.45, 2.75) is 23.8 Å². The number of hydrogen-bond donors (Lipinski definition) is 1. The summed E-state index contributed by atoms with van der Waals surface area (Å²) in [6, 6.07) is 4.64. The number of aliphatic hydroxyl groups excluding tert-OH is 1. The van der Waals surface area contributed by atoms with Gasteiger partial charge in [0.25, 0.3) is 0 Å². The van der Waals surface area contributed by atoms with Crippen molar-refractivity contribution < 1.29 is 18.3 Å². The molecule has 0 unspecified atom stereocenters. The summed E-state index contributed by atoms with van der Waals surface area (Å²) in [5.41, 5.74) is 0.185. The molecule has 0 saturated carbocycles. The lowest BCUT2D eigenvalue weighted by Crippen LogP contribution is -2.41. The Morgan fingerprint density at radius 2 is 2.14 bits per heavy atom. The van der Waals surface area contributed by atoms with Gasteiger partial charge in [0, 0.05) is 19.3 Å². The first-order valence-corrected chi connectivity index (χ1v) is 8.10. The molecule has 1 aliphatic rings. The number of nitriles is 1. The molecule has 21 heavy (non-hydrogen) atoms. The van der Waals surface area contributed by atoms with E-state index in [1.165, 1.54) is 22.6 Å². The monoisotopic (exact) mass is 311 g/mol. The van der Waals surface area contributed by atoms with E-state index in [9.17, 15) is 8.42 Å². The average molecular weight is 311 g/mol. The first kappa shape index (κ1) is 15.9. The summed E-state index contributed by atoms with van der Waals surface area (Å²) >= 11 is 0. The van der Waals surface area contributed by atoms with Gasteiger partial charge in [0.1, 0.15) is 16.7 Å². The van der Waals surface area contributed by atoms with Crippen molar-refractivity contribution in [3.63, 3.8) is 0 Å². The smallest absolute Gasteiger partial charge is 0.244 e. The van der Waals surface area contributed by atoms with Gasteiger partial charge in [-0.1, -0.05) is 0 Å². The molecular formula is C13H17N3O4S. The number of piperidine rings is 1. The van der Waals surface area contributed by atoms with E-state index in [0.717, 1.165) is 0 Å². The summed E-state index contributed by atoms with van der Waals surface area (Å²) in [5.74, 6) is 0. The number of sulfonamides is 1. The van der Waals surface area contributed by atoms with Crippen molar-refractivity contribution >= 4 is 10.0 Å². The highest BCUT2D eigenvalue weighted by molar-refractivity contribution is 7.89. The molecule has 0 aromatic carbocycles. The first-order valence-electron chi connectivity index (χ1n) is 6.66. The van der Waals surface area contributed by atoms with Crippen molar-refractivity contribution in [1.29, 1.82) is 5.26 Å². The molecule has 1 aliphatic heterocycles. The van der Waals surface area contributed by atoms with E-state index >= 15 is 0 Å². The molecule has 1 aromatic rings. The quantitative estimate of drug-likeness (QED) is 0.828. The van der Waals surface area contributed by atoms with Gasteiger partial charge in [-0.15, -0.1) is 0 Å². The number of rotatable bonds is 5. The van der Waals surface area contributed by atoms with Crippen molar-refractivity contribution in [3.05, 3.63) is 24.0 Å². The van der Waals surface area contributed by atoms with Gasteiger partial charge < -0.3 is 9.84 Å². The molecule has 0 aliphatic carbocycles. The molecule has 1 saturated heterocycles. The third-order valence-corrected chi connectivity index (χ3v) is 5.22. The van der Waals surface area contributed by atoms with E-state index in [0.29, 0.717) is 25.9 Å². The van der Waals surface area contributed by atoms with Crippen LogP contribution in [-0.2, 0) is 14.8 Å². The molecule has 0 amide bonds. The van der Waals surface area contributed by atoms with Gasteiger partial charge >= 0.3 is 0 Å². The zero-order valence-corrected chi connectivity index (χ0v) is 12.3. The number of aliphatic hydroxyl groups is 1. The predicted octanol–water partition coefficient (Wildman–Crippen LogP) is 0.115. The summed E-state index contributed by atoms with van der Waals surface area (Å²) in [5, 5.41) is 17.4. The predicted molar refractivity (Wildman–Crippen MR) is 73.8 cm³/mol. The molecule has 8 heteroatoms. The molecule has 1 fully saturated rings. The lowest BCUT2D eigenvalue weighted by Gasteiger charge is -2.30. The second-order valence-electron chi connectivity index (χ2n) is 4.69. The Morgan fingerprint density at radius 1 is 1.43 bits per heavy atom. The molecule has 0 radical (unpaired) electrons. The first-order chi connectivity index (χ1) is 10.1. The molecule has 2 heterocycles. The standard InChI is InChI=1S/C13H17N3O4S/c14-9-11-1-2-13(10-15-11)21(18,19)16-5-3-12(4-6-16)20-8-7-17/h1-2,10,12,17H,3-8H2. The minimum Gasteiger partial charge on any atom is -0.394 e. The van der Waals surface area contributed by atoms with E-state index in [2.05, 4.69) is 4.98 Å². The maximum atomic E-state index is 12.4. The maximum absolute atomic E-state index is 12.4. The summed E-state index contributed by atoms with van der Waals surface area (Å²) in [7, 11) is -3.57. The molecule has 2 rings (SSSR count). The fraction of sp³-hybridized carbons (Fsp3) is 0.538. The van der Waals surface area contributed by atoms with Crippen LogP contribution in [0.3, 0.4) is 0 Å². The van der Waals surface area contributed by atoms with Crippen LogP contribution < -0.4 is 0 Å².